The third-order valence-electron chi connectivity index (χ3n) is 3.25. The van der Waals surface area contributed by atoms with Crippen molar-refractivity contribution in [3.63, 3.8) is 0 Å². The topological polar surface area (TPSA) is 58.9 Å². The molecule has 0 bridgehead atoms. The summed E-state index contributed by atoms with van der Waals surface area (Å²) in [4.78, 5) is 0. The smallest absolute Gasteiger partial charge is 0.160 e. The third-order valence-corrected chi connectivity index (χ3v) is 3.25. The van der Waals surface area contributed by atoms with Gasteiger partial charge < -0.3 is 19.7 Å². The molecule has 0 unspecified atom stereocenters. The van der Waals surface area contributed by atoms with E-state index in [4.69, 9.17) is 14.6 Å². The number of hydrogen-bond donors (Lipinski definition) is 2. The van der Waals surface area contributed by atoms with E-state index in [1.54, 1.807) is 14.2 Å². The van der Waals surface area contributed by atoms with Crippen molar-refractivity contribution in [1.82, 2.24) is 0 Å². The number of aliphatic hydroxyl groups excluding tert-OH is 2. The van der Waals surface area contributed by atoms with Crippen molar-refractivity contribution in [3.05, 3.63) is 23.8 Å². The first-order valence-corrected chi connectivity index (χ1v) is 6.67. The van der Waals surface area contributed by atoms with E-state index in [2.05, 4.69) is 0 Å². The summed E-state index contributed by atoms with van der Waals surface area (Å²) >= 11 is 0. The molecular formula is C15H24O4. The maximum Gasteiger partial charge on any atom is 0.160 e. The molecule has 19 heavy (non-hydrogen) atoms. The van der Waals surface area contributed by atoms with Gasteiger partial charge in [0.05, 0.1) is 14.2 Å². The number of methoxy groups -OCH3 is 2. The van der Waals surface area contributed by atoms with Gasteiger partial charge in [-0.15, -0.1) is 0 Å². The fraction of sp³-hybridized carbons (Fsp3) is 0.600. The van der Waals surface area contributed by atoms with E-state index in [0.29, 0.717) is 11.5 Å². The minimum Gasteiger partial charge on any atom is -0.493 e. The quantitative estimate of drug-likeness (QED) is 0.673. The van der Waals surface area contributed by atoms with Gasteiger partial charge in [0.25, 0.3) is 0 Å². The molecule has 0 saturated heterocycles. The lowest BCUT2D eigenvalue weighted by Crippen LogP contribution is -2.10. The van der Waals surface area contributed by atoms with Gasteiger partial charge >= 0.3 is 0 Å². The Morgan fingerprint density at radius 3 is 2.37 bits per heavy atom. The van der Waals surface area contributed by atoms with Crippen LogP contribution in [-0.4, -0.2) is 37.6 Å². The SMILES string of the molecule is COc1ccc(C[C@H](CO)CCCCO)cc1OC. The summed E-state index contributed by atoms with van der Waals surface area (Å²) in [6.45, 7) is 0.383. The fourth-order valence-corrected chi connectivity index (χ4v) is 2.14. The summed E-state index contributed by atoms with van der Waals surface area (Å²) < 4.78 is 10.5. The number of ether oxygens (including phenoxy) is 2. The molecule has 0 aromatic heterocycles. The normalized spacial score (nSPS) is 12.2. The minimum absolute atomic E-state index is 0.166. The van der Waals surface area contributed by atoms with Crippen molar-refractivity contribution in [2.75, 3.05) is 27.4 Å². The molecule has 0 aliphatic carbocycles. The summed E-state index contributed by atoms with van der Waals surface area (Å²) in [6, 6.07) is 5.83. The van der Waals surface area contributed by atoms with E-state index in [1.165, 1.54) is 0 Å². The lowest BCUT2D eigenvalue weighted by Gasteiger charge is -2.15. The molecule has 0 radical (unpaired) electrons. The summed E-state index contributed by atoms with van der Waals surface area (Å²) in [5.41, 5.74) is 1.13. The van der Waals surface area contributed by atoms with Gasteiger partial charge in [-0.3, -0.25) is 0 Å². The van der Waals surface area contributed by atoms with Crippen LogP contribution in [0.4, 0.5) is 0 Å². The second-order valence-corrected chi connectivity index (χ2v) is 4.66. The summed E-state index contributed by atoms with van der Waals surface area (Å²) in [6.07, 6.45) is 3.46. The zero-order valence-corrected chi connectivity index (χ0v) is 11.8. The monoisotopic (exact) mass is 268 g/mol. The molecule has 1 atom stereocenters. The van der Waals surface area contributed by atoms with Crippen molar-refractivity contribution >= 4 is 0 Å². The first-order valence-electron chi connectivity index (χ1n) is 6.67. The zero-order chi connectivity index (χ0) is 14.1. The first kappa shape index (κ1) is 15.8. The number of hydrogen-bond acceptors (Lipinski definition) is 4. The van der Waals surface area contributed by atoms with Gasteiger partial charge in [0, 0.05) is 13.2 Å². The highest BCUT2D eigenvalue weighted by molar-refractivity contribution is 5.42. The van der Waals surface area contributed by atoms with E-state index in [9.17, 15) is 5.11 Å². The molecule has 0 spiro atoms. The van der Waals surface area contributed by atoms with Crippen LogP contribution >= 0.6 is 0 Å². The summed E-state index contributed by atoms with van der Waals surface area (Å²) in [5, 5.41) is 18.2. The Morgan fingerprint density at radius 2 is 1.79 bits per heavy atom. The van der Waals surface area contributed by atoms with Gasteiger partial charge in [0.1, 0.15) is 0 Å². The summed E-state index contributed by atoms with van der Waals surface area (Å²) in [5.74, 6) is 1.66. The zero-order valence-electron chi connectivity index (χ0n) is 11.8. The number of rotatable bonds is 9. The molecule has 108 valence electrons. The molecule has 0 heterocycles. The maximum absolute atomic E-state index is 9.40. The number of benzene rings is 1. The average molecular weight is 268 g/mol. The molecule has 2 N–H and O–H groups in total. The number of aliphatic hydroxyl groups is 2. The van der Waals surface area contributed by atoms with Crippen molar-refractivity contribution in [2.45, 2.75) is 25.7 Å². The molecular weight excluding hydrogens is 244 g/mol. The molecule has 4 nitrogen and oxygen atoms in total. The molecule has 1 aromatic carbocycles. The Morgan fingerprint density at radius 1 is 1.05 bits per heavy atom. The Labute approximate surface area is 115 Å². The predicted octanol–water partition coefficient (Wildman–Crippen LogP) is 2.02. The minimum atomic E-state index is 0.166. The van der Waals surface area contributed by atoms with Gasteiger partial charge in [0.15, 0.2) is 11.5 Å². The third kappa shape index (κ3) is 5.09. The van der Waals surface area contributed by atoms with Crippen LogP contribution in [-0.2, 0) is 6.42 Å². The Balaban J connectivity index is 2.63. The Bertz CT molecular complexity index is 365. The maximum atomic E-state index is 9.40. The lowest BCUT2D eigenvalue weighted by molar-refractivity contribution is 0.209. The van der Waals surface area contributed by atoms with Crippen LogP contribution < -0.4 is 9.47 Å². The highest BCUT2D eigenvalue weighted by Crippen LogP contribution is 2.29. The predicted molar refractivity (Wildman–Crippen MR) is 74.8 cm³/mol. The van der Waals surface area contributed by atoms with Crippen LogP contribution in [0.5, 0.6) is 11.5 Å². The second-order valence-electron chi connectivity index (χ2n) is 4.66. The molecule has 4 heteroatoms. The van der Waals surface area contributed by atoms with Gasteiger partial charge in [-0.05, 0) is 42.9 Å². The molecule has 0 aliphatic rings. The second kappa shape index (κ2) is 8.77. The van der Waals surface area contributed by atoms with Crippen LogP contribution in [0.3, 0.4) is 0 Å². The van der Waals surface area contributed by atoms with Gasteiger partial charge in [-0.2, -0.15) is 0 Å². The van der Waals surface area contributed by atoms with Gasteiger partial charge in [0.2, 0.25) is 0 Å². The van der Waals surface area contributed by atoms with Crippen LogP contribution in [0.2, 0.25) is 0 Å². The van der Waals surface area contributed by atoms with Crippen LogP contribution in [0.25, 0.3) is 0 Å². The van der Waals surface area contributed by atoms with Gasteiger partial charge in [-0.25, -0.2) is 0 Å². The highest BCUT2D eigenvalue weighted by atomic mass is 16.5. The van der Waals surface area contributed by atoms with Crippen molar-refractivity contribution in [2.24, 2.45) is 5.92 Å². The molecule has 0 fully saturated rings. The van der Waals surface area contributed by atoms with E-state index in [1.807, 2.05) is 18.2 Å². The first-order chi connectivity index (χ1) is 9.24. The molecule has 1 rings (SSSR count). The van der Waals surface area contributed by atoms with Crippen LogP contribution in [0.15, 0.2) is 18.2 Å². The molecule has 0 amide bonds. The Hall–Kier alpha value is -1.26. The molecule has 0 aliphatic heterocycles. The van der Waals surface area contributed by atoms with E-state index < -0.39 is 0 Å². The van der Waals surface area contributed by atoms with Gasteiger partial charge in [-0.1, -0.05) is 12.5 Å². The van der Waals surface area contributed by atoms with Crippen molar-refractivity contribution < 1.29 is 19.7 Å². The summed E-state index contributed by atoms with van der Waals surface area (Å²) in [7, 11) is 3.23. The Kier molecular flexibility index (Phi) is 7.30. The van der Waals surface area contributed by atoms with Crippen LogP contribution in [0.1, 0.15) is 24.8 Å². The lowest BCUT2D eigenvalue weighted by atomic mass is 9.94. The average Bonchev–Trinajstić information content (AvgIpc) is 2.46. The molecule has 0 saturated carbocycles. The largest absolute Gasteiger partial charge is 0.493 e. The van der Waals surface area contributed by atoms with E-state index in [0.717, 1.165) is 31.2 Å². The highest BCUT2D eigenvalue weighted by Gasteiger charge is 2.11. The van der Waals surface area contributed by atoms with Crippen molar-refractivity contribution in [3.8, 4) is 11.5 Å². The van der Waals surface area contributed by atoms with Crippen molar-refractivity contribution in [1.29, 1.82) is 0 Å². The van der Waals surface area contributed by atoms with E-state index in [-0.39, 0.29) is 19.1 Å². The fourth-order valence-electron chi connectivity index (χ4n) is 2.14. The van der Waals surface area contributed by atoms with Crippen LogP contribution in [0, 0.1) is 5.92 Å². The molecule has 1 aromatic rings. The standard InChI is InChI=1S/C15H24O4/c1-18-14-7-6-12(10-15(14)19-2)9-13(11-17)5-3-4-8-16/h6-7,10,13,16-17H,3-5,8-9,11H2,1-2H3/t13-/m1/s1. The number of unbranched alkanes of at least 4 members (excludes halogenated alkanes) is 1. The van der Waals surface area contributed by atoms with E-state index >= 15 is 0 Å².